The lowest BCUT2D eigenvalue weighted by molar-refractivity contribution is -0.136. The van der Waals surface area contributed by atoms with E-state index in [1.165, 1.54) is 29.1 Å². The van der Waals surface area contributed by atoms with E-state index in [1.54, 1.807) is 36.8 Å². The predicted molar refractivity (Wildman–Crippen MR) is 264 cm³/mol. The molecule has 2 N–H and O–H groups in total. The number of alkyl halides is 1. The summed E-state index contributed by atoms with van der Waals surface area (Å²) in [4.78, 5) is 92.6. The largest absolute Gasteiger partial charge is 0.453 e. The molecule has 2 atom stereocenters. The minimum absolute atomic E-state index is 0.0223. The zero-order chi connectivity index (χ0) is 51.4. The van der Waals surface area contributed by atoms with Crippen molar-refractivity contribution in [3.8, 4) is 23.3 Å². The molecule has 5 aliphatic rings. The van der Waals surface area contributed by atoms with Crippen LogP contribution in [0.3, 0.4) is 0 Å². The van der Waals surface area contributed by atoms with Crippen LogP contribution in [0, 0.1) is 17.1 Å². The Morgan fingerprint density at radius 3 is 2.08 bits per heavy atom. The van der Waals surface area contributed by atoms with E-state index in [0.29, 0.717) is 69.4 Å². The SMILES string of the molecule is N#Cc1c(NS(=O)(=O)N2CC[C@@H](F)C2)ccc(F)c1Oc1ccc2ncn(-c3ccc(N4CCN(c5cc(N6CCN(c7ccc8c(c7)C(=O)N(C7CCC(=O)NC7=O)C8=O)CC6)ncn5)CC4)nc3)c(=O)c2c1. The molecule has 5 aliphatic heterocycles. The van der Waals surface area contributed by atoms with E-state index in [2.05, 4.69) is 49.6 Å². The van der Waals surface area contributed by atoms with Gasteiger partial charge in [0.2, 0.25) is 11.8 Å². The number of amides is 4. The van der Waals surface area contributed by atoms with Crippen LogP contribution in [0.5, 0.6) is 11.5 Å². The maximum absolute atomic E-state index is 15.2. The highest BCUT2D eigenvalue weighted by molar-refractivity contribution is 7.90. The lowest BCUT2D eigenvalue weighted by Crippen LogP contribution is -2.54. The molecule has 0 saturated carbocycles. The minimum Gasteiger partial charge on any atom is -0.453 e. The van der Waals surface area contributed by atoms with Crippen LogP contribution < -0.4 is 39.9 Å². The van der Waals surface area contributed by atoms with Crippen molar-refractivity contribution in [3.63, 3.8) is 0 Å². The predicted octanol–water partition coefficient (Wildman–Crippen LogP) is 3.13. The molecule has 6 aromatic rings. The summed E-state index contributed by atoms with van der Waals surface area (Å²) in [6, 6.07) is 17.7. The number of carbonyl (C=O) groups is 4. The topological polar surface area (TPSA) is 252 Å². The number of hydrogen-bond acceptors (Lipinski definition) is 17. The van der Waals surface area contributed by atoms with Gasteiger partial charge in [-0.1, -0.05) is 0 Å². The lowest BCUT2D eigenvalue weighted by atomic mass is 10.0. The number of imide groups is 2. The number of rotatable bonds is 11. The van der Waals surface area contributed by atoms with Crippen molar-refractivity contribution in [2.24, 2.45) is 0 Å². The summed E-state index contributed by atoms with van der Waals surface area (Å²) in [6.07, 6.45) is 3.32. The molecule has 4 fully saturated rings. The van der Waals surface area contributed by atoms with Crippen LogP contribution >= 0.6 is 0 Å². The molecular weight excluding hydrogens is 983 g/mol. The number of piperidine rings is 1. The molecule has 3 aromatic carbocycles. The molecule has 378 valence electrons. The molecule has 0 bridgehead atoms. The van der Waals surface area contributed by atoms with Crippen LogP contribution in [0.15, 0.2) is 90.4 Å². The van der Waals surface area contributed by atoms with Crippen molar-refractivity contribution in [2.45, 2.75) is 31.5 Å². The Bertz CT molecular complexity index is 3510. The maximum atomic E-state index is 15.2. The quantitative estimate of drug-likeness (QED) is 0.177. The van der Waals surface area contributed by atoms with Gasteiger partial charge < -0.3 is 24.3 Å². The van der Waals surface area contributed by atoms with E-state index < -0.39 is 68.7 Å². The fourth-order valence-electron chi connectivity index (χ4n) is 9.83. The summed E-state index contributed by atoms with van der Waals surface area (Å²) >= 11 is 0. The van der Waals surface area contributed by atoms with E-state index in [4.69, 9.17) is 4.74 Å². The highest BCUT2D eigenvalue weighted by Gasteiger charge is 2.45. The second-order valence-corrected chi connectivity index (χ2v) is 19.9. The van der Waals surface area contributed by atoms with Crippen LogP contribution in [-0.2, 0) is 19.8 Å². The van der Waals surface area contributed by atoms with E-state index in [0.717, 1.165) is 38.7 Å². The highest BCUT2D eigenvalue weighted by atomic mass is 32.2. The van der Waals surface area contributed by atoms with Gasteiger partial charge in [-0.3, -0.25) is 43.5 Å². The minimum atomic E-state index is -4.26. The van der Waals surface area contributed by atoms with Crippen molar-refractivity contribution in [2.75, 3.05) is 89.8 Å². The third-order valence-electron chi connectivity index (χ3n) is 13.8. The van der Waals surface area contributed by atoms with E-state index in [-0.39, 0.29) is 60.3 Å². The van der Waals surface area contributed by atoms with E-state index in [1.807, 2.05) is 18.2 Å². The van der Waals surface area contributed by atoms with Gasteiger partial charge in [-0.2, -0.15) is 18.0 Å². The lowest BCUT2D eigenvalue weighted by Gasteiger charge is -2.38. The summed E-state index contributed by atoms with van der Waals surface area (Å²) < 4.78 is 65.1. The number of pyridine rings is 1. The number of carbonyl (C=O) groups excluding carboxylic acids is 4. The fourth-order valence-corrected chi connectivity index (χ4v) is 11.1. The van der Waals surface area contributed by atoms with Gasteiger partial charge in [0.15, 0.2) is 11.6 Å². The molecule has 0 spiro atoms. The number of fused-ring (bicyclic) bond motifs is 2. The van der Waals surface area contributed by atoms with Gasteiger partial charge in [0.1, 0.15) is 59.7 Å². The first-order chi connectivity index (χ1) is 35.7. The Kier molecular flexibility index (Phi) is 12.3. The Balaban J connectivity index is 0.708. The first-order valence-corrected chi connectivity index (χ1v) is 25.1. The van der Waals surface area contributed by atoms with E-state index in [9.17, 15) is 42.0 Å². The molecule has 8 heterocycles. The number of nitrogens with zero attached hydrogens (tertiary/aromatic N) is 12. The Labute approximate surface area is 420 Å². The summed E-state index contributed by atoms with van der Waals surface area (Å²) in [5.41, 5.74) is 0.799. The number of halogens is 2. The zero-order valence-corrected chi connectivity index (χ0v) is 40.0. The first-order valence-electron chi connectivity index (χ1n) is 23.7. The Hall–Kier alpha value is -8.63. The molecule has 4 amide bonds. The number of nitriles is 1. The van der Waals surface area contributed by atoms with Crippen LogP contribution in [0.25, 0.3) is 16.6 Å². The van der Waals surface area contributed by atoms with Crippen molar-refractivity contribution < 1.29 is 41.1 Å². The second kappa shape index (κ2) is 19.1. The van der Waals surface area contributed by atoms with Crippen LogP contribution in [0.4, 0.5) is 37.6 Å². The van der Waals surface area contributed by atoms with Gasteiger partial charge in [-0.25, -0.2) is 28.7 Å². The summed E-state index contributed by atoms with van der Waals surface area (Å²) in [5, 5.41) is 12.3. The maximum Gasteiger partial charge on any atom is 0.301 e. The number of piperazine rings is 2. The number of aromatic nitrogens is 5. The number of ether oxygens (including phenoxy) is 1. The molecule has 25 heteroatoms. The second-order valence-electron chi connectivity index (χ2n) is 18.2. The fraction of sp³-hybridized carbons (Fsp3) is 0.306. The number of anilines is 5. The number of nitrogens with one attached hydrogen (secondary N) is 2. The molecule has 22 nitrogen and oxygen atoms in total. The van der Waals surface area contributed by atoms with Crippen molar-refractivity contribution in [3.05, 3.63) is 118 Å². The third-order valence-corrected chi connectivity index (χ3v) is 15.3. The monoisotopic (exact) mass is 1030 g/mol. The molecule has 11 rings (SSSR count). The van der Waals surface area contributed by atoms with Crippen molar-refractivity contribution >= 4 is 73.6 Å². The van der Waals surface area contributed by atoms with Crippen LogP contribution in [-0.4, -0.2) is 143 Å². The van der Waals surface area contributed by atoms with E-state index >= 15 is 4.39 Å². The highest BCUT2D eigenvalue weighted by Crippen LogP contribution is 2.36. The average molecular weight is 1030 g/mol. The average Bonchev–Trinajstić information content (AvgIpc) is 3.98. The standard InChI is InChI=1S/C49H44F2N14O8S/c50-29-11-12-63(26-29)74(71,72)58-39-7-5-37(51)45(36(39)24-52)73-32-3-6-38-35(22-32)47(68)64(28-56-38)31-2-9-41(53-25-31)60-17-19-62(20-18-60)43-23-42(54-27-55-43)61-15-13-59(14-16-61)30-1-4-33-34(21-30)49(70)65(48(33)69)40-8-10-44(66)57-46(40)67/h1-7,9,21-23,25,27-29,40,58H,8,10-20,26H2,(H,57,66,67)/t29-,40?/m1/s1. The molecule has 3 aromatic heterocycles. The Morgan fingerprint density at radius 2 is 1.42 bits per heavy atom. The van der Waals surface area contributed by atoms with Gasteiger partial charge in [0.25, 0.3) is 17.4 Å². The van der Waals surface area contributed by atoms with Crippen LogP contribution in [0.2, 0.25) is 0 Å². The third kappa shape index (κ3) is 8.91. The Morgan fingerprint density at radius 1 is 0.730 bits per heavy atom. The molecule has 4 saturated heterocycles. The number of hydrogen-bond donors (Lipinski definition) is 2. The van der Waals surface area contributed by atoms with Gasteiger partial charge in [0.05, 0.1) is 39.6 Å². The van der Waals surface area contributed by atoms with Crippen molar-refractivity contribution in [1.29, 1.82) is 5.26 Å². The number of benzene rings is 3. The van der Waals surface area contributed by atoms with Gasteiger partial charge in [-0.15, -0.1) is 0 Å². The summed E-state index contributed by atoms with van der Waals surface area (Å²) in [6.45, 7) is 4.66. The smallest absolute Gasteiger partial charge is 0.301 e. The van der Waals surface area contributed by atoms with Crippen LogP contribution in [0.1, 0.15) is 45.5 Å². The molecule has 0 aliphatic carbocycles. The summed E-state index contributed by atoms with van der Waals surface area (Å²) in [5.74, 6) is -1.47. The van der Waals surface area contributed by atoms with Crippen molar-refractivity contribution in [1.82, 2.24) is 39.0 Å². The molecule has 74 heavy (non-hydrogen) atoms. The van der Waals surface area contributed by atoms with Gasteiger partial charge in [0, 0.05) is 83.6 Å². The molecule has 0 radical (unpaired) electrons. The molecular formula is C49H44F2N14O8S. The first kappa shape index (κ1) is 47.7. The molecule has 1 unspecified atom stereocenters. The normalized spacial score (nSPS) is 19.5. The summed E-state index contributed by atoms with van der Waals surface area (Å²) in [7, 11) is -4.26. The van der Waals surface area contributed by atoms with Gasteiger partial charge in [-0.05, 0) is 73.5 Å². The zero-order valence-electron chi connectivity index (χ0n) is 39.2. The van der Waals surface area contributed by atoms with Gasteiger partial charge >= 0.3 is 10.2 Å².